The highest BCUT2D eigenvalue weighted by atomic mass is 16.3. The van der Waals surface area contributed by atoms with Crippen molar-refractivity contribution in [2.45, 2.75) is 13.0 Å². The molecule has 0 spiro atoms. The summed E-state index contributed by atoms with van der Waals surface area (Å²) in [4.78, 5) is 37.1. The lowest BCUT2D eigenvalue weighted by Crippen LogP contribution is -2.32. The maximum Gasteiger partial charge on any atom is 0.331 e. The highest BCUT2D eigenvalue weighted by Gasteiger charge is 2.16. The Morgan fingerprint density at radius 2 is 1.95 bits per heavy atom. The summed E-state index contributed by atoms with van der Waals surface area (Å²) in [6.45, 7) is -0.0268. The Labute approximate surface area is 119 Å². The quantitative estimate of drug-likeness (QED) is 0.739. The van der Waals surface area contributed by atoms with Gasteiger partial charge in [0.25, 0.3) is 5.56 Å². The van der Waals surface area contributed by atoms with Gasteiger partial charge >= 0.3 is 5.69 Å². The van der Waals surface area contributed by atoms with E-state index in [1.165, 1.54) is 7.05 Å². The summed E-state index contributed by atoms with van der Waals surface area (Å²) in [6, 6.07) is 8.51. The Balaban J connectivity index is 2.51. The van der Waals surface area contributed by atoms with Gasteiger partial charge in [0.1, 0.15) is 5.56 Å². The van der Waals surface area contributed by atoms with Gasteiger partial charge < -0.3 is 10.4 Å². The van der Waals surface area contributed by atoms with Crippen LogP contribution >= 0.6 is 0 Å². The third-order valence-corrected chi connectivity index (χ3v) is 3.08. The number of benzene rings is 1. The van der Waals surface area contributed by atoms with Gasteiger partial charge in [-0.25, -0.2) is 4.79 Å². The van der Waals surface area contributed by atoms with E-state index in [4.69, 9.17) is 0 Å². The second-order valence-corrected chi connectivity index (χ2v) is 4.40. The van der Waals surface area contributed by atoms with Crippen LogP contribution in [-0.4, -0.2) is 27.6 Å². The Morgan fingerprint density at radius 1 is 1.29 bits per heavy atom. The Kier molecular flexibility index (Phi) is 4.22. The number of carbonyl (C=O) groups excluding carboxylic acids is 1. The maximum atomic E-state index is 11.9. The van der Waals surface area contributed by atoms with Crippen molar-refractivity contribution < 1.29 is 9.90 Å². The van der Waals surface area contributed by atoms with Gasteiger partial charge in [0.05, 0.1) is 0 Å². The van der Waals surface area contributed by atoms with Crippen LogP contribution in [0.2, 0.25) is 0 Å². The van der Waals surface area contributed by atoms with Crippen LogP contribution in [0.3, 0.4) is 0 Å². The van der Waals surface area contributed by atoms with E-state index in [0.29, 0.717) is 5.56 Å². The first-order valence-corrected chi connectivity index (χ1v) is 6.36. The zero-order valence-electron chi connectivity index (χ0n) is 11.4. The van der Waals surface area contributed by atoms with E-state index >= 15 is 0 Å². The molecule has 0 aliphatic rings. The van der Waals surface area contributed by atoms with E-state index in [0.717, 1.165) is 4.57 Å². The van der Waals surface area contributed by atoms with Crippen molar-refractivity contribution in [2.24, 2.45) is 0 Å². The van der Waals surface area contributed by atoms with Gasteiger partial charge in [-0.15, -0.1) is 0 Å². The van der Waals surface area contributed by atoms with Gasteiger partial charge in [0, 0.05) is 20.0 Å². The minimum absolute atomic E-state index is 0.00658. The normalized spacial score (nSPS) is 10.3. The summed E-state index contributed by atoms with van der Waals surface area (Å²) in [5, 5.41) is 12.6. The molecule has 1 aromatic carbocycles. The van der Waals surface area contributed by atoms with Crippen LogP contribution in [0.4, 0.5) is 0 Å². The topological polar surface area (TPSA) is 104 Å². The lowest BCUT2D eigenvalue weighted by molar-refractivity contribution is -0.120. The lowest BCUT2D eigenvalue weighted by Gasteiger charge is -2.11. The number of hydrogen-bond donors (Lipinski definition) is 3. The number of aromatic hydroxyl groups is 1. The monoisotopic (exact) mass is 289 g/mol. The summed E-state index contributed by atoms with van der Waals surface area (Å²) in [5.74, 6) is -0.715. The third kappa shape index (κ3) is 3.02. The molecule has 1 heterocycles. The third-order valence-electron chi connectivity index (χ3n) is 3.08. The van der Waals surface area contributed by atoms with Gasteiger partial charge in [-0.1, -0.05) is 30.3 Å². The largest absolute Gasteiger partial charge is 0.494 e. The van der Waals surface area contributed by atoms with Gasteiger partial charge in [0.15, 0.2) is 0 Å². The molecule has 0 saturated carbocycles. The zero-order chi connectivity index (χ0) is 15.4. The predicted molar refractivity (Wildman–Crippen MR) is 77.1 cm³/mol. The van der Waals surface area contributed by atoms with Crippen molar-refractivity contribution in [1.82, 2.24) is 14.9 Å². The molecule has 7 heteroatoms. The van der Waals surface area contributed by atoms with Crippen LogP contribution < -0.4 is 16.6 Å². The highest BCUT2D eigenvalue weighted by Crippen LogP contribution is 2.23. The molecule has 0 aliphatic carbocycles. The fourth-order valence-electron chi connectivity index (χ4n) is 1.97. The summed E-state index contributed by atoms with van der Waals surface area (Å²) in [6.07, 6.45) is 0.0181. The molecule has 0 fully saturated rings. The molecule has 0 atom stereocenters. The van der Waals surface area contributed by atoms with Crippen LogP contribution in [-0.2, 0) is 11.3 Å². The SMILES string of the molecule is CNC(=O)CCn1c(O)c(-c2ccccc2)c(=O)[nH]c1=O. The van der Waals surface area contributed by atoms with Gasteiger partial charge in [-0.05, 0) is 5.56 Å². The molecule has 110 valence electrons. The summed E-state index contributed by atoms with van der Waals surface area (Å²) in [7, 11) is 1.48. The molecule has 0 unspecified atom stereocenters. The second-order valence-electron chi connectivity index (χ2n) is 4.40. The number of carbonyl (C=O) groups is 1. The smallest absolute Gasteiger partial charge is 0.331 e. The minimum atomic E-state index is -0.749. The summed E-state index contributed by atoms with van der Waals surface area (Å²) in [5.41, 5.74) is -0.918. The van der Waals surface area contributed by atoms with Crippen molar-refractivity contribution >= 4 is 5.91 Å². The second kappa shape index (κ2) is 6.08. The van der Waals surface area contributed by atoms with Crippen molar-refractivity contribution in [1.29, 1.82) is 0 Å². The van der Waals surface area contributed by atoms with E-state index in [-0.39, 0.29) is 24.4 Å². The van der Waals surface area contributed by atoms with Gasteiger partial charge in [-0.2, -0.15) is 0 Å². The Bertz CT molecular complexity index is 762. The molecule has 2 rings (SSSR count). The number of H-pyrrole nitrogens is 1. The van der Waals surface area contributed by atoms with Crippen LogP contribution in [0.25, 0.3) is 11.1 Å². The standard InChI is InChI=1S/C14H15N3O4/c1-15-10(18)7-8-17-13(20)11(12(19)16-14(17)21)9-5-3-2-4-6-9/h2-6,20H,7-8H2,1H3,(H,15,18)(H,16,19,21). The van der Waals surface area contributed by atoms with Gasteiger partial charge in [-0.3, -0.25) is 19.1 Å². The van der Waals surface area contributed by atoms with Crippen molar-refractivity contribution in [3.63, 3.8) is 0 Å². The lowest BCUT2D eigenvalue weighted by atomic mass is 10.1. The van der Waals surface area contributed by atoms with Crippen molar-refractivity contribution in [3.8, 4) is 17.0 Å². The van der Waals surface area contributed by atoms with E-state index in [1.807, 2.05) is 0 Å². The molecular weight excluding hydrogens is 274 g/mol. The molecule has 3 N–H and O–H groups in total. The van der Waals surface area contributed by atoms with Crippen molar-refractivity contribution in [2.75, 3.05) is 7.05 Å². The van der Waals surface area contributed by atoms with Gasteiger partial charge in [0.2, 0.25) is 11.8 Å². The number of amides is 1. The first-order valence-electron chi connectivity index (χ1n) is 6.36. The molecule has 1 aromatic heterocycles. The fraction of sp³-hybridized carbons (Fsp3) is 0.214. The number of nitrogens with zero attached hydrogens (tertiary/aromatic N) is 1. The maximum absolute atomic E-state index is 11.9. The molecule has 2 aromatic rings. The number of nitrogens with one attached hydrogen (secondary N) is 2. The minimum Gasteiger partial charge on any atom is -0.494 e. The summed E-state index contributed by atoms with van der Waals surface area (Å²) < 4.78 is 0.971. The molecule has 21 heavy (non-hydrogen) atoms. The average molecular weight is 289 g/mol. The molecular formula is C14H15N3O4. The van der Waals surface area contributed by atoms with Crippen LogP contribution in [0, 0.1) is 0 Å². The Morgan fingerprint density at radius 3 is 2.57 bits per heavy atom. The van der Waals surface area contributed by atoms with E-state index in [2.05, 4.69) is 10.3 Å². The Hall–Kier alpha value is -2.83. The molecule has 0 aliphatic heterocycles. The number of hydrogen-bond acceptors (Lipinski definition) is 4. The first kappa shape index (κ1) is 14.6. The molecule has 0 radical (unpaired) electrons. The van der Waals surface area contributed by atoms with Crippen LogP contribution in [0.1, 0.15) is 6.42 Å². The van der Waals surface area contributed by atoms with E-state index < -0.39 is 17.1 Å². The molecule has 1 amide bonds. The molecule has 0 saturated heterocycles. The number of aromatic nitrogens is 2. The molecule has 7 nitrogen and oxygen atoms in total. The van der Waals surface area contributed by atoms with Crippen LogP contribution in [0.15, 0.2) is 39.9 Å². The van der Waals surface area contributed by atoms with E-state index in [1.54, 1.807) is 30.3 Å². The van der Waals surface area contributed by atoms with Crippen molar-refractivity contribution in [3.05, 3.63) is 51.2 Å². The summed E-state index contributed by atoms with van der Waals surface area (Å²) >= 11 is 0. The average Bonchev–Trinajstić information content (AvgIpc) is 2.47. The van der Waals surface area contributed by atoms with Crippen LogP contribution in [0.5, 0.6) is 5.88 Å². The molecule has 0 bridgehead atoms. The van der Waals surface area contributed by atoms with E-state index in [9.17, 15) is 19.5 Å². The number of aromatic amines is 1. The number of rotatable bonds is 4. The zero-order valence-corrected chi connectivity index (χ0v) is 11.4. The fourth-order valence-corrected chi connectivity index (χ4v) is 1.97. The first-order chi connectivity index (χ1) is 10.0. The predicted octanol–water partition coefficient (Wildman–Crippen LogP) is 0.0453. The highest BCUT2D eigenvalue weighted by molar-refractivity contribution is 5.75.